The van der Waals surface area contributed by atoms with Gasteiger partial charge in [0.2, 0.25) is 0 Å². The van der Waals surface area contributed by atoms with Crippen LogP contribution in [0, 0.1) is 52.3 Å². The zero-order valence-corrected chi connectivity index (χ0v) is 33.1. The molecule has 0 radical (unpaired) electrons. The lowest BCUT2D eigenvalue weighted by Crippen LogP contribution is -2.51. The van der Waals surface area contributed by atoms with E-state index in [1.54, 1.807) is 5.57 Å². The van der Waals surface area contributed by atoms with Crippen LogP contribution < -0.4 is 0 Å². The van der Waals surface area contributed by atoms with Gasteiger partial charge in [0.25, 0.3) is 0 Å². The van der Waals surface area contributed by atoms with Crippen LogP contribution >= 0.6 is 0 Å². The zero-order valence-electron chi connectivity index (χ0n) is 33.1. The first-order valence-corrected chi connectivity index (χ1v) is 21.6. The molecule has 0 heterocycles. The summed E-state index contributed by atoms with van der Waals surface area (Å²) in [7, 11) is 0. The molecule has 3 fully saturated rings. The van der Waals surface area contributed by atoms with Gasteiger partial charge in [-0.25, -0.2) is 0 Å². The third-order valence-corrected chi connectivity index (χ3v) is 15.0. The van der Waals surface area contributed by atoms with E-state index in [0.29, 0.717) is 17.3 Å². The number of unbranched alkanes of at least 4 members (excludes halogenated alkanes) is 11. The Morgan fingerprint density at radius 1 is 0.812 bits per heavy atom. The Balaban J connectivity index is 1.13. The highest BCUT2D eigenvalue weighted by Gasteiger charge is 2.59. The summed E-state index contributed by atoms with van der Waals surface area (Å²) in [6, 6.07) is 0. The van der Waals surface area contributed by atoms with Crippen molar-refractivity contribution in [2.45, 2.75) is 209 Å². The van der Waals surface area contributed by atoms with Crippen LogP contribution in [0.4, 0.5) is 0 Å². The van der Waals surface area contributed by atoms with Gasteiger partial charge in [0, 0.05) is 12.8 Å². The molecule has 4 aliphatic rings. The van der Waals surface area contributed by atoms with Crippen molar-refractivity contribution in [1.29, 1.82) is 0 Å². The second-order valence-electron chi connectivity index (χ2n) is 18.5. The minimum absolute atomic E-state index is 0.0536. The third kappa shape index (κ3) is 10.5. The first kappa shape index (κ1) is 39.7. The van der Waals surface area contributed by atoms with Crippen molar-refractivity contribution in [2.24, 2.45) is 52.3 Å². The van der Waals surface area contributed by atoms with Gasteiger partial charge < -0.3 is 4.74 Å². The van der Waals surface area contributed by atoms with Crippen LogP contribution in [0.15, 0.2) is 23.8 Å². The van der Waals surface area contributed by atoms with Crippen LogP contribution in [-0.4, -0.2) is 12.1 Å². The van der Waals surface area contributed by atoms with Crippen molar-refractivity contribution in [3.63, 3.8) is 0 Å². The van der Waals surface area contributed by atoms with E-state index in [1.165, 1.54) is 122 Å². The molecule has 2 heteroatoms. The number of rotatable bonds is 21. The molecule has 4 aliphatic carbocycles. The van der Waals surface area contributed by atoms with Crippen molar-refractivity contribution in [2.75, 3.05) is 0 Å². The number of hydrogen-bond acceptors (Lipinski definition) is 2. The zero-order chi connectivity index (χ0) is 34.6. The Kier molecular flexibility index (Phi) is 16.2. The first-order chi connectivity index (χ1) is 23.1. The highest BCUT2D eigenvalue weighted by molar-refractivity contribution is 5.69. The number of hydrogen-bond donors (Lipinski definition) is 0. The summed E-state index contributed by atoms with van der Waals surface area (Å²) in [6.45, 7) is 17.4. The Labute approximate surface area is 299 Å². The third-order valence-electron chi connectivity index (χ3n) is 15.0. The van der Waals surface area contributed by atoms with Gasteiger partial charge in [-0.3, -0.25) is 4.79 Å². The molecule has 0 amide bonds. The topological polar surface area (TPSA) is 26.3 Å². The molecule has 48 heavy (non-hydrogen) atoms. The monoisotopic (exact) mass is 665 g/mol. The molecule has 2 nitrogen and oxygen atoms in total. The van der Waals surface area contributed by atoms with Gasteiger partial charge >= 0.3 is 5.97 Å². The standard InChI is InChI=1S/C46H80O2/c1-8-9-10-11-12-13-14-15-16-17-18-19-20-21-22-23-44(47)48-39-30-32-45(6)38(34-39)26-27-40-42-29-28-41(46(42,7)33-31-43(40)45)37(5)25-24-36(4)35(2)3/h15-16,26,35-37,39-43H,8-14,17-25,27-34H2,1-7H3. The Bertz CT molecular complexity index is 1010. The molecule has 4 rings (SSSR count). The molecule has 0 saturated heterocycles. The quantitative estimate of drug-likeness (QED) is 0.0693. The maximum Gasteiger partial charge on any atom is 0.306 e. The van der Waals surface area contributed by atoms with Crippen molar-refractivity contribution in [1.82, 2.24) is 0 Å². The first-order valence-electron chi connectivity index (χ1n) is 21.6. The second-order valence-corrected chi connectivity index (χ2v) is 18.5. The summed E-state index contributed by atoms with van der Waals surface area (Å²) in [5.41, 5.74) is 2.51. The van der Waals surface area contributed by atoms with Crippen LogP contribution in [-0.2, 0) is 9.53 Å². The average molecular weight is 665 g/mol. The van der Waals surface area contributed by atoms with E-state index >= 15 is 0 Å². The lowest BCUT2D eigenvalue weighted by atomic mass is 9.47. The van der Waals surface area contributed by atoms with E-state index in [4.69, 9.17) is 4.74 Å². The molecule has 9 atom stereocenters. The minimum Gasteiger partial charge on any atom is -0.462 e. The molecular weight excluding hydrogens is 585 g/mol. The highest BCUT2D eigenvalue weighted by atomic mass is 16.5. The van der Waals surface area contributed by atoms with Gasteiger partial charge in [0.1, 0.15) is 6.10 Å². The molecule has 276 valence electrons. The van der Waals surface area contributed by atoms with Gasteiger partial charge in [-0.15, -0.1) is 0 Å². The number of carbonyl (C=O) groups is 1. The summed E-state index contributed by atoms with van der Waals surface area (Å²) in [5.74, 6) is 6.08. The van der Waals surface area contributed by atoms with Gasteiger partial charge in [0.15, 0.2) is 0 Å². The number of allylic oxidation sites excluding steroid dienone is 3. The van der Waals surface area contributed by atoms with E-state index in [0.717, 1.165) is 67.1 Å². The molecule has 0 aromatic rings. The van der Waals surface area contributed by atoms with Crippen LogP contribution in [0.1, 0.15) is 203 Å². The van der Waals surface area contributed by atoms with Crippen LogP contribution in [0.3, 0.4) is 0 Å². The van der Waals surface area contributed by atoms with E-state index in [-0.39, 0.29) is 12.1 Å². The molecule has 0 spiro atoms. The largest absolute Gasteiger partial charge is 0.462 e. The Morgan fingerprint density at radius 2 is 1.48 bits per heavy atom. The SMILES string of the molecule is CCCCCCCCC=CCCCCCCCC(=O)OC1CCC2(C)C(=CCC3C2CCC2(C)C(C(C)CCC(C)C(C)C)CCC32)C1. The molecule has 0 aromatic heterocycles. The molecule has 3 saturated carbocycles. The number of ether oxygens (including phenoxy) is 1. The predicted molar refractivity (Wildman–Crippen MR) is 207 cm³/mol. The molecule has 0 N–H and O–H groups in total. The number of fused-ring (bicyclic) bond motifs is 5. The van der Waals surface area contributed by atoms with E-state index in [2.05, 4.69) is 66.7 Å². The summed E-state index contributed by atoms with van der Waals surface area (Å²) < 4.78 is 6.13. The normalized spacial score (nSPS) is 32.8. The van der Waals surface area contributed by atoms with Crippen LogP contribution in [0.2, 0.25) is 0 Å². The summed E-state index contributed by atoms with van der Waals surface area (Å²) >= 11 is 0. The predicted octanol–water partition coefficient (Wildman–Crippen LogP) is 14.2. The van der Waals surface area contributed by atoms with Gasteiger partial charge in [-0.1, -0.05) is 136 Å². The summed E-state index contributed by atoms with van der Waals surface area (Å²) in [6.07, 6.45) is 38.0. The fourth-order valence-electron chi connectivity index (χ4n) is 11.3. The average Bonchev–Trinajstić information content (AvgIpc) is 3.42. The van der Waals surface area contributed by atoms with E-state index < -0.39 is 0 Å². The minimum atomic E-state index is 0.0536. The van der Waals surface area contributed by atoms with Crippen molar-refractivity contribution in [3.8, 4) is 0 Å². The highest BCUT2D eigenvalue weighted by Crippen LogP contribution is 2.67. The van der Waals surface area contributed by atoms with Crippen molar-refractivity contribution < 1.29 is 9.53 Å². The smallest absolute Gasteiger partial charge is 0.306 e. The summed E-state index contributed by atoms with van der Waals surface area (Å²) in [5, 5.41) is 0. The second kappa shape index (κ2) is 19.5. The fraction of sp³-hybridized carbons (Fsp3) is 0.891. The lowest BCUT2D eigenvalue weighted by molar-refractivity contribution is -0.151. The maximum absolute atomic E-state index is 12.8. The molecular formula is C46H80O2. The van der Waals surface area contributed by atoms with Crippen LogP contribution in [0.5, 0.6) is 0 Å². The van der Waals surface area contributed by atoms with Gasteiger partial charge in [-0.05, 0) is 129 Å². The van der Waals surface area contributed by atoms with Crippen molar-refractivity contribution in [3.05, 3.63) is 23.8 Å². The molecule has 0 aliphatic heterocycles. The Hall–Kier alpha value is -1.05. The Morgan fingerprint density at radius 3 is 2.17 bits per heavy atom. The number of esters is 1. The van der Waals surface area contributed by atoms with Gasteiger partial charge in [0.05, 0.1) is 0 Å². The van der Waals surface area contributed by atoms with Gasteiger partial charge in [-0.2, -0.15) is 0 Å². The van der Waals surface area contributed by atoms with Crippen molar-refractivity contribution >= 4 is 5.97 Å². The number of carbonyl (C=O) groups excluding carboxylic acids is 1. The molecule has 0 bridgehead atoms. The molecule has 0 aromatic carbocycles. The summed E-state index contributed by atoms with van der Waals surface area (Å²) in [4.78, 5) is 12.8. The lowest BCUT2D eigenvalue weighted by Gasteiger charge is -2.58. The maximum atomic E-state index is 12.8. The van der Waals surface area contributed by atoms with Crippen LogP contribution in [0.25, 0.3) is 0 Å². The molecule has 9 unspecified atom stereocenters. The fourth-order valence-corrected chi connectivity index (χ4v) is 11.3. The van der Waals surface area contributed by atoms with E-state index in [1.807, 2.05) is 0 Å². The van der Waals surface area contributed by atoms with E-state index in [9.17, 15) is 4.79 Å².